The third-order valence-electron chi connectivity index (χ3n) is 4.85. The molecule has 2 rings (SSSR count). The van der Waals surface area contributed by atoms with Crippen molar-refractivity contribution in [2.75, 3.05) is 19.0 Å². The SMILES string of the molecule is CC/C=C(\c1cc(C#N)c(C)cc1C)c1cncc(NC)c1C(C)F.CCCCO. The van der Waals surface area contributed by atoms with Gasteiger partial charge in [-0.15, -0.1) is 0 Å². The summed E-state index contributed by atoms with van der Waals surface area (Å²) < 4.78 is 14.4. The Morgan fingerprint density at radius 1 is 1.23 bits per heavy atom. The predicted octanol–water partition coefficient (Wildman–Crippen LogP) is 6.26. The van der Waals surface area contributed by atoms with Crippen molar-refractivity contribution in [1.29, 1.82) is 5.26 Å². The summed E-state index contributed by atoms with van der Waals surface area (Å²) in [5.74, 6) is 0. The van der Waals surface area contributed by atoms with Gasteiger partial charge in [-0.25, -0.2) is 4.39 Å². The van der Waals surface area contributed by atoms with Crippen LogP contribution < -0.4 is 5.32 Å². The number of aliphatic hydroxyl groups excluding tert-OH is 1. The Hall–Kier alpha value is -2.71. The molecule has 162 valence electrons. The summed E-state index contributed by atoms with van der Waals surface area (Å²) in [7, 11) is 1.76. The molecule has 4 nitrogen and oxygen atoms in total. The van der Waals surface area contributed by atoms with Crippen LogP contribution in [0.1, 0.15) is 79.6 Å². The quantitative estimate of drug-likeness (QED) is 0.564. The van der Waals surface area contributed by atoms with Crippen molar-refractivity contribution in [2.24, 2.45) is 0 Å². The molecule has 2 N–H and O–H groups in total. The molecule has 0 radical (unpaired) electrons. The summed E-state index contributed by atoms with van der Waals surface area (Å²) in [6.45, 7) is 9.92. The van der Waals surface area contributed by atoms with Crippen molar-refractivity contribution in [3.63, 3.8) is 0 Å². The molecule has 0 aliphatic rings. The molecule has 1 aromatic carbocycles. The molecule has 0 saturated carbocycles. The normalized spacial score (nSPS) is 11.9. The summed E-state index contributed by atoms with van der Waals surface area (Å²) >= 11 is 0. The van der Waals surface area contributed by atoms with Gasteiger partial charge in [-0.3, -0.25) is 4.98 Å². The summed E-state index contributed by atoms with van der Waals surface area (Å²) in [6.07, 6.45) is 7.12. The number of anilines is 1. The standard InChI is InChI=1S/C21H24FN3.C4H10O/c1-6-7-17(18-9-16(10-23)13(2)8-14(18)3)19-11-25-12-20(24-5)21(19)15(4)22;1-2-3-4-5/h7-9,11-12,15,24H,6H2,1-5H3;5H,2-4H2,1H3/b17-7+;. The zero-order valence-corrected chi connectivity index (χ0v) is 19.0. The average Bonchev–Trinajstić information content (AvgIpc) is 2.73. The van der Waals surface area contributed by atoms with Gasteiger partial charge in [0.15, 0.2) is 0 Å². The van der Waals surface area contributed by atoms with Gasteiger partial charge in [0.05, 0.1) is 23.5 Å². The van der Waals surface area contributed by atoms with Crippen LogP contribution >= 0.6 is 0 Å². The number of nitriles is 1. The highest BCUT2D eigenvalue weighted by Gasteiger charge is 2.20. The van der Waals surface area contributed by atoms with Crippen molar-refractivity contribution in [3.05, 3.63) is 64.0 Å². The first-order chi connectivity index (χ1) is 14.4. The van der Waals surface area contributed by atoms with Crippen molar-refractivity contribution in [3.8, 4) is 6.07 Å². The highest BCUT2D eigenvalue weighted by atomic mass is 19.1. The first-order valence-electron chi connectivity index (χ1n) is 10.5. The van der Waals surface area contributed by atoms with Gasteiger partial charge >= 0.3 is 0 Å². The number of aromatic nitrogens is 1. The molecule has 2 aromatic rings. The van der Waals surface area contributed by atoms with Gasteiger partial charge in [-0.1, -0.05) is 32.4 Å². The van der Waals surface area contributed by atoms with Crippen LogP contribution in [0.5, 0.6) is 0 Å². The molecule has 0 aliphatic carbocycles. The van der Waals surface area contributed by atoms with Crippen LogP contribution in [0.3, 0.4) is 0 Å². The number of hydrogen-bond acceptors (Lipinski definition) is 4. The van der Waals surface area contributed by atoms with E-state index in [1.54, 1.807) is 19.4 Å². The topological polar surface area (TPSA) is 68.9 Å². The smallest absolute Gasteiger partial charge is 0.125 e. The molecule has 1 unspecified atom stereocenters. The van der Waals surface area contributed by atoms with E-state index in [2.05, 4.69) is 29.4 Å². The van der Waals surface area contributed by atoms with Crippen molar-refractivity contribution in [2.45, 2.75) is 60.1 Å². The lowest BCUT2D eigenvalue weighted by atomic mass is 9.88. The number of halogens is 1. The van der Waals surface area contributed by atoms with Crippen LogP contribution in [0.2, 0.25) is 0 Å². The van der Waals surface area contributed by atoms with Gasteiger partial charge in [0.1, 0.15) is 6.17 Å². The highest BCUT2D eigenvalue weighted by Crippen LogP contribution is 2.37. The zero-order chi connectivity index (χ0) is 22.7. The summed E-state index contributed by atoms with van der Waals surface area (Å²) in [4.78, 5) is 4.28. The minimum absolute atomic E-state index is 0.344. The third kappa shape index (κ3) is 6.40. The predicted molar refractivity (Wildman–Crippen MR) is 123 cm³/mol. The van der Waals surface area contributed by atoms with E-state index in [-0.39, 0.29) is 0 Å². The van der Waals surface area contributed by atoms with Crippen LogP contribution in [0.15, 0.2) is 30.6 Å². The number of nitrogens with zero attached hydrogens (tertiary/aromatic N) is 2. The van der Waals surface area contributed by atoms with Gasteiger partial charge in [-0.05, 0) is 61.9 Å². The van der Waals surface area contributed by atoms with Crippen molar-refractivity contribution < 1.29 is 9.50 Å². The number of aryl methyl sites for hydroxylation is 2. The fourth-order valence-electron chi connectivity index (χ4n) is 3.30. The fourth-order valence-corrected chi connectivity index (χ4v) is 3.30. The van der Waals surface area contributed by atoms with Gasteiger partial charge < -0.3 is 10.4 Å². The van der Waals surface area contributed by atoms with Gasteiger partial charge in [-0.2, -0.15) is 5.26 Å². The molecular formula is C25H34FN3O. The summed E-state index contributed by atoms with van der Waals surface area (Å²) in [5.41, 5.74) is 6.54. The van der Waals surface area contributed by atoms with Gasteiger partial charge in [0.2, 0.25) is 0 Å². The van der Waals surface area contributed by atoms with Crippen molar-refractivity contribution in [1.82, 2.24) is 4.98 Å². The number of benzene rings is 1. The number of hydrogen-bond donors (Lipinski definition) is 2. The Bertz CT molecular complexity index is 896. The lowest BCUT2D eigenvalue weighted by Gasteiger charge is -2.19. The number of unbranched alkanes of at least 4 members (excludes halogenated alkanes) is 1. The number of pyridine rings is 1. The molecular weight excluding hydrogens is 377 g/mol. The van der Waals surface area contributed by atoms with Crippen LogP contribution in [-0.4, -0.2) is 23.7 Å². The van der Waals surface area contributed by atoms with E-state index in [0.717, 1.165) is 47.1 Å². The molecule has 0 fully saturated rings. The Balaban J connectivity index is 0.000000804. The monoisotopic (exact) mass is 411 g/mol. The Kier molecular flexibility index (Phi) is 10.8. The lowest BCUT2D eigenvalue weighted by molar-refractivity contribution is 0.287. The summed E-state index contributed by atoms with van der Waals surface area (Å²) in [5, 5.41) is 20.5. The number of aliphatic hydroxyl groups is 1. The molecule has 0 amide bonds. The van der Waals surface area contributed by atoms with Gasteiger partial charge in [0.25, 0.3) is 0 Å². The maximum absolute atomic E-state index is 14.4. The molecule has 5 heteroatoms. The third-order valence-corrected chi connectivity index (χ3v) is 4.85. The highest BCUT2D eigenvalue weighted by molar-refractivity contribution is 5.85. The van der Waals surface area contributed by atoms with E-state index >= 15 is 0 Å². The van der Waals surface area contributed by atoms with Gasteiger partial charge in [0, 0.05) is 31.0 Å². The van der Waals surface area contributed by atoms with Crippen molar-refractivity contribution >= 4 is 11.3 Å². The van der Waals surface area contributed by atoms with E-state index in [4.69, 9.17) is 5.11 Å². The second kappa shape index (κ2) is 12.8. The molecule has 1 heterocycles. The lowest BCUT2D eigenvalue weighted by Crippen LogP contribution is -2.05. The summed E-state index contributed by atoms with van der Waals surface area (Å²) in [6, 6.07) is 6.14. The molecule has 0 spiro atoms. The molecule has 0 aliphatic heterocycles. The second-order valence-corrected chi connectivity index (χ2v) is 7.21. The first kappa shape index (κ1) is 25.3. The number of nitrogens with one attached hydrogen (secondary N) is 1. The number of rotatable bonds is 7. The Morgan fingerprint density at radius 2 is 1.93 bits per heavy atom. The Labute approximate surface area is 180 Å². The molecule has 30 heavy (non-hydrogen) atoms. The van der Waals surface area contributed by atoms with E-state index in [1.165, 1.54) is 6.92 Å². The number of allylic oxidation sites excluding steroid dienone is 1. The average molecular weight is 412 g/mol. The first-order valence-corrected chi connectivity index (χ1v) is 10.5. The van der Waals surface area contributed by atoms with Crippen LogP contribution in [-0.2, 0) is 0 Å². The molecule has 0 saturated heterocycles. The van der Waals surface area contributed by atoms with E-state index in [1.807, 2.05) is 32.9 Å². The maximum atomic E-state index is 14.4. The Morgan fingerprint density at radius 3 is 2.40 bits per heavy atom. The van der Waals surface area contributed by atoms with E-state index in [9.17, 15) is 9.65 Å². The fraction of sp³-hybridized carbons (Fsp3) is 0.440. The minimum atomic E-state index is -1.14. The van der Waals surface area contributed by atoms with E-state index < -0.39 is 6.17 Å². The maximum Gasteiger partial charge on any atom is 0.125 e. The molecule has 1 atom stereocenters. The second-order valence-electron chi connectivity index (χ2n) is 7.21. The van der Waals surface area contributed by atoms with Crippen LogP contribution in [0, 0.1) is 25.2 Å². The number of alkyl halides is 1. The molecule has 0 bridgehead atoms. The van der Waals surface area contributed by atoms with Crippen LogP contribution in [0.25, 0.3) is 5.57 Å². The van der Waals surface area contributed by atoms with Crippen LogP contribution in [0.4, 0.5) is 10.1 Å². The minimum Gasteiger partial charge on any atom is -0.396 e. The molecule has 1 aromatic heterocycles. The largest absolute Gasteiger partial charge is 0.396 e. The zero-order valence-electron chi connectivity index (χ0n) is 19.0. The van der Waals surface area contributed by atoms with E-state index in [0.29, 0.717) is 23.4 Å².